The largest absolute Gasteiger partial charge is 0.492 e. The van der Waals surface area contributed by atoms with Gasteiger partial charge in [0.1, 0.15) is 18.2 Å². The Morgan fingerprint density at radius 3 is 2.57 bits per heavy atom. The van der Waals surface area contributed by atoms with Crippen LogP contribution >= 0.6 is 24.0 Å². The maximum absolute atomic E-state index is 13.1. The lowest BCUT2D eigenvalue weighted by Crippen LogP contribution is -2.41. The Kier molecular flexibility index (Phi) is 9.59. The fourth-order valence-corrected chi connectivity index (χ4v) is 2.84. The van der Waals surface area contributed by atoms with Crippen molar-refractivity contribution in [2.45, 2.75) is 6.42 Å². The first-order chi connectivity index (χ1) is 14.2. The smallest absolute Gasteiger partial charge is 0.193 e. The summed E-state index contributed by atoms with van der Waals surface area (Å²) >= 11 is 0. The third kappa shape index (κ3) is 7.01. The molecule has 0 saturated heterocycles. The Balaban J connectivity index is 0.00000320. The molecule has 3 aromatic rings. The standard InChI is InChI=1S/C22H26FN5O.HI/c1-24-22(27(2)16-17-29-21-6-4-3-5-7-21)25-14-12-19-13-15-28(26-19)20-10-8-18(23)9-11-20;/h3-11,13,15H,12,14,16-17H2,1-2H3,(H,24,25);1H. The summed E-state index contributed by atoms with van der Waals surface area (Å²) in [5.74, 6) is 1.41. The summed E-state index contributed by atoms with van der Waals surface area (Å²) in [5.41, 5.74) is 1.78. The molecule has 6 nitrogen and oxygen atoms in total. The topological polar surface area (TPSA) is 54.7 Å². The minimum absolute atomic E-state index is 0. The lowest BCUT2D eigenvalue weighted by molar-refractivity contribution is 0.281. The number of aromatic nitrogens is 2. The molecule has 0 spiro atoms. The van der Waals surface area contributed by atoms with Gasteiger partial charge in [-0.1, -0.05) is 18.2 Å². The van der Waals surface area contributed by atoms with Crippen LogP contribution in [0.25, 0.3) is 5.69 Å². The van der Waals surface area contributed by atoms with Crippen LogP contribution in [-0.2, 0) is 6.42 Å². The first-order valence-electron chi connectivity index (χ1n) is 9.56. The third-order valence-electron chi connectivity index (χ3n) is 4.41. The molecule has 0 radical (unpaired) electrons. The SMILES string of the molecule is CN=C(NCCc1ccn(-c2ccc(F)cc2)n1)N(C)CCOc1ccccc1.I. The lowest BCUT2D eigenvalue weighted by Gasteiger charge is -2.22. The number of nitrogens with one attached hydrogen (secondary N) is 1. The van der Waals surface area contributed by atoms with Crippen LogP contribution in [0.1, 0.15) is 5.69 Å². The summed E-state index contributed by atoms with van der Waals surface area (Å²) in [6.07, 6.45) is 2.63. The van der Waals surface area contributed by atoms with Crippen LogP contribution in [-0.4, -0.2) is 54.4 Å². The molecule has 0 amide bonds. The average molecular weight is 523 g/mol. The van der Waals surface area contributed by atoms with Crippen LogP contribution in [0.3, 0.4) is 0 Å². The number of hydrogen-bond donors (Lipinski definition) is 1. The monoisotopic (exact) mass is 523 g/mol. The fraction of sp³-hybridized carbons (Fsp3) is 0.273. The average Bonchev–Trinajstić information content (AvgIpc) is 3.21. The molecule has 2 aromatic carbocycles. The second-order valence-electron chi connectivity index (χ2n) is 6.54. The van der Waals surface area contributed by atoms with Crippen molar-refractivity contribution in [1.82, 2.24) is 20.0 Å². The summed E-state index contributed by atoms with van der Waals surface area (Å²) in [6, 6.07) is 18.0. The summed E-state index contributed by atoms with van der Waals surface area (Å²) in [5, 5.41) is 7.89. The van der Waals surface area contributed by atoms with Gasteiger partial charge in [0.25, 0.3) is 0 Å². The second-order valence-corrected chi connectivity index (χ2v) is 6.54. The van der Waals surface area contributed by atoms with Gasteiger partial charge in [-0.3, -0.25) is 4.99 Å². The number of benzene rings is 2. The van der Waals surface area contributed by atoms with E-state index in [4.69, 9.17) is 4.74 Å². The highest BCUT2D eigenvalue weighted by molar-refractivity contribution is 14.0. The number of halogens is 2. The first kappa shape index (κ1) is 23.7. The summed E-state index contributed by atoms with van der Waals surface area (Å²) in [6.45, 7) is 1.99. The van der Waals surface area contributed by atoms with E-state index in [9.17, 15) is 4.39 Å². The number of nitrogens with zero attached hydrogens (tertiary/aromatic N) is 4. The molecular formula is C22H27FIN5O. The van der Waals surface area contributed by atoms with Gasteiger partial charge in [0.15, 0.2) is 5.96 Å². The summed E-state index contributed by atoms with van der Waals surface area (Å²) in [7, 11) is 3.74. The van der Waals surface area contributed by atoms with Crippen molar-refractivity contribution >= 4 is 29.9 Å². The highest BCUT2D eigenvalue weighted by atomic mass is 127. The highest BCUT2D eigenvalue weighted by Gasteiger charge is 2.07. The summed E-state index contributed by atoms with van der Waals surface area (Å²) < 4.78 is 20.5. The molecule has 0 fully saturated rings. The molecule has 0 aliphatic heterocycles. The van der Waals surface area contributed by atoms with E-state index in [0.29, 0.717) is 19.7 Å². The van der Waals surface area contributed by atoms with Crippen molar-refractivity contribution in [2.75, 3.05) is 33.8 Å². The molecule has 0 aliphatic rings. The van der Waals surface area contributed by atoms with Crippen molar-refractivity contribution in [3.05, 3.63) is 78.4 Å². The van der Waals surface area contributed by atoms with E-state index in [1.165, 1.54) is 12.1 Å². The van der Waals surface area contributed by atoms with Crippen molar-refractivity contribution < 1.29 is 9.13 Å². The Bertz CT molecular complexity index is 915. The van der Waals surface area contributed by atoms with Gasteiger partial charge in [0.2, 0.25) is 0 Å². The molecule has 1 aromatic heterocycles. The molecule has 0 bridgehead atoms. The molecule has 160 valence electrons. The molecule has 1 N–H and O–H groups in total. The molecule has 8 heteroatoms. The molecule has 1 heterocycles. The number of para-hydroxylation sites is 1. The Morgan fingerprint density at radius 2 is 1.87 bits per heavy atom. The van der Waals surface area contributed by atoms with Crippen molar-refractivity contribution in [3.63, 3.8) is 0 Å². The van der Waals surface area contributed by atoms with Crippen LogP contribution in [0, 0.1) is 5.82 Å². The van der Waals surface area contributed by atoms with Crippen molar-refractivity contribution in [3.8, 4) is 11.4 Å². The van der Waals surface area contributed by atoms with Gasteiger partial charge in [-0.25, -0.2) is 9.07 Å². The van der Waals surface area contributed by atoms with E-state index >= 15 is 0 Å². The van der Waals surface area contributed by atoms with E-state index < -0.39 is 0 Å². The molecule has 0 saturated carbocycles. The van der Waals surface area contributed by atoms with Gasteiger partial charge in [0, 0.05) is 33.3 Å². The van der Waals surface area contributed by atoms with E-state index in [0.717, 1.165) is 29.5 Å². The van der Waals surface area contributed by atoms with Gasteiger partial charge >= 0.3 is 0 Å². The van der Waals surface area contributed by atoms with Gasteiger partial charge in [0.05, 0.1) is 17.9 Å². The maximum Gasteiger partial charge on any atom is 0.193 e. The zero-order chi connectivity index (χ0) is 20.5. The number of ether oxygens (including phenoxy) is 1. The molecule has 0 atom stereocenters. The zero-order valence-corrected chi connectivity index (χ0v) is 19.5. The minimum atomic E-state index is -0.255. The van der Waals surface area contributed by atoms with Crippen LogP contribution in [0.4, 0.5) is 4.39 Å². The minimum Gasteiger partial charge on any atom is -0.492 e. The van der Waals surface area contributed by atoms with E-state index in [2.05, 4.69) is 15.4 Å². The van der Waals surface area contributed by atoms with Crippen LogP contribution < -0.4 is 10.1 Å². The molecule has 30 heavy (non-hydrogen) atoms. The maximum atomic E-state index is 13.1. The number of likely N-dealkylation sites (N-methyl/N-ethyl adjacent to an activating group) is 1. The lowest BCUT2D eigenvalue weighted by atomic mass is 10.3. The third-order valence-corrected chi connectivity index (χ3v) is 4.41. The highest BCUT2D eigenvalue weighted by Crippen LogP contribution is 2.09. The Morgan fingerprint density at radius 1 is 1.13 bits per heavy atom. The van der Waals surface area contributed by atoms with Crippen LogP contribution in [0.15, 0.2) is 71.9 Å². The second kappa shape index (κ2) is 12.2. The van der Waals surface area contributed by atoms with Gasteiger partial charge in [-0.15, -0.1) is 24.0 Å². The van der Waals surface area contributed by atoms with Gasteiger partial charge in [-0.2, -0.15) is 5.10 Å². The van der Waals surface area contributed by atoms with Gasteiger partial charge in [-0.05, 0) is 42.5 Å². The molecular weight excluding hydrogens is 496 g/mol. The number of rotatable bonds is 8. The van der Waals surface area contributed by atoms with Gasteiger partial charge < -0.3 is 15.0 Å². The quantitative estimate of drug-likeness (QED) is 0.278. The fourth-order valence-electron chi connectivity index (χ4n) is 2.84. The van der Waals surface area contributed by atoms with Crippen molar-refractivity contribution in [1.29, 1.82) is 0 Å². The Labute approximate surface area is 193 Å². The first-order valence-corrected chi connectivity index (χ1v) is 9.56. The van der Waals surface area contributed by atoms with E-state index in [1.54, 1.807) is 23.9 Å². The van der Waals surface area contributed by atoms with E-state index in [1.807, 2.05) is 54.5 Å². The number of hydrogen-bond acceptors (Lipinski definition) is 3. The zero-order valence-electron chi connectivity index (χ0n) is 17.2. The van der Waals surface area contributed by atoms with Crippen LogP contribution in [0.2, 0.25) is 0 Å². The molecule has 3 rings (SSSR count). The normalized spacial score (nSPS) is 11.0. The molecule has 0 unspecified atom stereocenters. The van der Waals surface area contributed by atoms with Crippen LogP contribution in [0.5, 0.6) is 5.75 Å². The van der Waals surface area contributed by atoms with E-state index in [-0.39, 0.29) is 29.8 Å². The predicted octanol–water partition coefficient (Wildman–Crippen LogP) is 3.76. The summed E-state index contributed by atoms with van der Waals surface area (Å²) in [4.78, 5) is 6.35. The number of guanidine groups is 1. The molecule has 0 aliphatic carbocycles. The van der Waals surface area contributed by atoms with Crippen molar-refractivity contribution in [2.24, 2.45) is 4.99 Å². The predicted molar refractivity (Wildman–Crippen MR) is 129 cm³/mol. The number of aliphatic imine (C=N–C) groups is 1. The Hall–Kier alpha value is -2.62.